The molecule has 1 aliphatic rings. The summed E-state index contributed by atoms with van der Waals surface area (Å²) in [6, 6.07) is 0. The summed E-state index contributed by atoms with van der Waals surface area (Å²) < 4.78 is 0. The molecule has 0 bridgehead atoms. The van der Waals surface area contributed by atoms with Gasteiger partial charge in [-0.1, -0.05) is 0 Å². The third-order valence-electron chi connectivity index (χ3n) is 2.83. The number of hydrogen-bond acceptors (Lipinski definition) is 3. The highest BCUT2D eigenvalue weighted by Crippen LogP contribution is 2.34. The van der Waals surface area contributed by atoms with Crippen LogP contribution in [-0.4, -0.2) is 33.2 Å². The number of rotatable bonds is 3. The lowest BCUT2D eigenvalue weighted by Gasteiger charge is -2.29. The predicted octanol–water partition coefficient (Wildman–Crippen LogP) is 0.273. The van der Waals surface area contributed by atoms with Gasteiger partial charge in [0.25, 0.3) is 0 Å². The van der Waals surface area contributed by atoms with Crippen LogP contribution in [0.1, 0.15) is 19.3 Å². The van der Waals surface area contributed by atoms with E-state index in [1.165, 1.54) is 0 Å². The standard InChI is InChI=1S/C9H12O6/c10-7(11)4-1-2-5(8(12)13)6(3-4)9(14)15/h4-6H,1-3H2,(H,10,11)(H,12,13)(H,14,15)/t4-,5+,6+/m1/s1. The normalized spacial score (nSPS) is 30.8. The molecule has 0 saturated heterocycles. The third kappa shape index (κ3) is 2.45. The molecule has 0 spiro atoms. The lowest BCUT2D eigenvalue weighted by atomic mass is 9.74. The van der Waals surface area contributed by atoms with E-state index in [2.05, 4.69) is 0 Å². The lowest BCUT2D eigenvalue weighted by Crippen LogP contribution is -2.37. The number of carboxylic acid groups (broad SMARTS) is 3. The minimum Gasteiger partial charge on any atom is -0.481 e. The molecule has 1 rings (SSSR count). The summed E-state index contributed by atoms with van der Waals surface area (Å²) in [4.78, 5) is 32.2. The van der Waals surface area contributed by atoms with Gasteiger partial charge in [-0.25, -0.2) is 0 Å². The van der Waals surface area contributed by atoms with Crippen molar-refractivity contribution in [3.8, 4) is 0 Å². The molecule has 84 valence electrons. The molecule has 1 aliphatic carbocycles. The summed E-state index contributed by atoms with van der Waals surface area (Å²) >= 11 is 0. The van der Waals surface area contributed by atoms with Crippen molar-refractivity contribution in [2.24, 2.45) is 17.8 Å². The van der Waals surface area contributed by atoms with Gasteiger partial charge >= 0.3 is 17.9 Å². The van der Waals surface area contributed by atoms with Crippen molar-refractivity contribution in [1.29, 1.82) is 0 Å². The average molecular weight is 216 g/mol. The van der Waals surface area contributed by atoms with E-state index in [4.69, 9.17) is 15.3 Å². The Labute approximate surface area is 85.5 Å². The molecule has 6 heteroatoms. The number of hydrogen-bond donors (Lipinski definition) is 3. The van der Waals surface area contributed by atoms with Gasteiger partial charge in [0.15, 0.2) is 0 Å². The van der Waals surface area contributed by atoms with Crippen LogP contribution in [0.4, 0.5) is 0 Å². The Morgan fingerprint density at radius 1 is 0.800 bits per heavy atom. The van der Waals surface area contributed by atoms with Crippen LogP contribution in [0.2, 0.25) is 0 Å². The van der Waals surface area contributed by atoms with Crippen LogP contribution >= 0.6 is 0 Å². The van der Waals surface area contributed by atoms with E-state index in [0.717, 1.165) is 0 Å². The first kappa shape index (κ1) is 11.5. The maximum Gasteiger partial charge on any atom is 0.307 e. The SMILES string of the molecule is O=C(O)[C@@H]1CC[C@H](C(=O)O)[C@@H](C(=O)O)C1. The summed E-state index contributed by atoms with van der Waals surface area (Å²) in [7, 11) is 0. The van der Waals surface area contributed by atoms with Gasteiger partial charge < -0.3 is 15.3 Å². The second-order valence-corrected chi connectivity index (χ2v) is 3.74. The fraction of sp³-hybridized carbons (Fsp3) is 0.667. The zero-order valence-electron chi connectivity index (χ0n) is 7.92. The first-order valence-corrected chi connectivity index (χ1v) is 4.62. The fourth-order valence-electron chi connectivity index (χ4n) is 1.96. The number of carboxylic acids is 3. The van der Waals surface area contributed by atoms with Crippen molar-refractivity contribution in [3.05, 3.63) is 0 Å². The van der Waals surface area contributed by atoms with Gasteiger partial charge in [-0.15, -0.1) is 0 Å². The van der Waals surface area contributed by atoms with Crippen LogP contribution in [0, 0.1) is 17.8 Å². The molecule has 6 nitrogen and oxygen atoms in total. The van der Waals surface area contributed by atoms with Crippen molar-refractivity contribution < 1.29 is 29.7 Å². The van der Waals surface area contributed by atoms with Crippen molar-refractivity contribution in [1.82, 2.24) is 0 Å². The highest BCUT2D eigenvalue weighted by atomic mass is 16.4. The van der Waals surface area contributed by atoms with Gasteiger partial charge in [-0.3, -0.25) is 14.4 Å². The maximum atomic E-state index is 10.8. The van der Waals surface area contributed by atoms with Crippen molar-refractivity contribution >= 4 is 17.9 Å². The molecule has 0 heterocycles. The molecule has 3 N–H and O–H groups in total. The first-order chi connectivity index (χ1) is 6.93. The predicted molar refractivity (Wildman–Crippen MR) is 47.2 cm³/mol. The first-order valence-electron chi connectivity index (χ1n) is 4.62. The molecule has 0 aliphatic heterocycles. The summed E-state index contributed by atoms with van der Waals surface area (Å²) in [5.74, 6) is -6.22. The van der Waals surface area contributed by atoms with Gasteiger partial charge in [0, 0.05) is 0 Å². The molecular formula is C9H12O6. The zero-order chi connectivity index (χ0) is 11.6. The van der Waals surface area contributed by atoms with Crippen molar-refractivity contribution in [2.75, 3.05) is 0 Å². The highest BCUT2D eigenvalue weighted by Gasteiger charge is 2.41. The van der Waals surface area contributed by atoms with Gasteiger partial charge in [0.05, 0.1) is 17.8 Å². The van der Waals surface area contributed by atoms with Gasteiger partial charge in [0.2, 0.25) is 0 Å². The Balaban J connectivity index is 2.78. The Morgan fingerprint density at radius 3 is 1.73 bits per heavy atom. The molecule has 15 heavy (non-hydrogen) atoms. The van der Waals surface area contributed by atoms with Crippen LogP contribution < -0.4 is 0 Å². The molecule has 0 aromatic carbocycles. The molecule has 3 atom stereocenters. The van der Waals surface area contributed by atoms with Gasteiger partial charge in [0.1, 0.15) is 0 Å². The second-order valence-electron chi connectivity index (χ2n) is 3.74. The van der Waals surface area contributed by atoms with Crippen LogP contribution in [0.5, 0.6) is 0 Å². The summed E-state index contributed by atoms with van der Waals surface area (Å²) in [5, 5.41) is 26.3. The van der Waals surface area contributed by atoms with E-state index in [1.807, 2.05) is 0 Å². The minimum atomic E-state index is -1.23. The van der Waals surface area contributed by atoms with E-state index in [0.29, 0.717) is 0 Å². The van der Waals surface area contributed by atoms with Crippen LogP contribution in [0.15, 0.2) is 0 Å². The van der Waals surface area contributed by atoms with E-state index in [1.54, 1.807) is 0 Å². The summed E-state index contributed by atoms with van der Waals surface area (Å²) in [5.41, 5.74) is 0. The number of carbonyl (C=O) groups is 3. The van der Waals surface area contributed by atoms with E-state index in [-0.39, 0.29) is 19.3 Å². The Kier molecular flexibility index (Phi) is 3.28. The van der Waals surface area contributed by atoms with E-state index >= 15 is 0 Å². The average Bonchev–Trinajstić information content (AvgIpc) is 2.16. The highest BCUT2D eigenvalue weighted by molar-refractivity contribution is 5.81. The van der Waals surface area contributed by atoms with Crippen molar-refractivity contribution in [3.63, 3.8) is 0 Å². The molecule has 0 aromatic heterocycles. The zero-order valence-corrected chi connectivity index (χ0v) is 7.92. The van der Waals surface area contributed by atoms with E-state index in [9.17, 15) is 14.4 Å². The molecule has 0 unspecified atom stereocenters. The molecule has 0 aromatic rings. The topological polar surface area (TPSA) is 112 Å². The molecule has 1 fully saturated rings. The van der Waals surface area contributed by atoms with Crippen LogP contribution in [-0.2, 0) is 14.4 Å². The van der Waals surface area contributed by atoms with Gasteiger partial charge in [-0.05, 0) is 19.3 Å². The fourth-order valence-corrected chi connectivity index (χ4v) is 1.96. The van der Waals surface area contributed by atoms with Crippen LogP contribution in [0.3, 0.4) is 0 Å². The monoisotopic (exact) mass is 216 g/mol. The largest absolute Gasteiger partial charge is 0.481 e. The molecule has 1 saturated carbocycles. The Hall–Kier alpha value is -1.59. The Bertz CT molecular complexity index is 297. The number of aliphatic carboxylic acids is 3. The van der Waals surface area contributed by atoms with Crippen molar-refractivity contribution in [2.45, 2.75) is 19.3 Å². The van der Waals surface area contributed by atoms with Gasteiger partial charge in [-0.2, -0.15) is 0 Å². The third-order valence-corrected chi connectivity index (χ3v) is 2.83. The molecular weight excluding hydrogens is 204 g/mol. The maximum absolute atomic E-state index is 10.8. The minimum absolute atomic E-state index is 0.0956. The van der Waals surface area contributed by atoms with E-state index < -0.39 is 35.7 Å². The Morgan fingerprint density at radius 2 is 1.33 bits per heavy atom. The smallest absolute Gasteiger partial charge is 0.307 e. The summed E-state index contributed by atoms with van der Waals surface area (Å²) in [6.07, 6.45) is 0.251. The van der Waals surface area contributed by atoms with Crippen LogP contribution in [0.25, 0.3) is 0 Å². The second kappa shape index (κ2) is 4.29. The quantitative estimate of drug-likeness (QED) is 0.624. The molecule has 0 radical (unpaired) electrons. The lowest BCUT2D eigenvalue weighted by molar-refractivity contribution is -0.159. The summed E-state index contributed by atoms with van der Waals surface area (Å²) in [6.45, 7) is 0. The molecule has 0 amide bonds.